The minimum atomic E-state index is -5.70. The van der Waals surface area contributed by atoms with Gasteiger partial charge < -0.3 is 123 Å². The topological polar surface area (TPSA) is 650 Å². The van der Waals surface area contributed by atoms with E-state index in [1.165, 1.54) is 52.6 Å². The predicted octanol–water partition coefficient (Wildman–Crippen LogP) is 18.3. The van der Waals surface area contributed by atoms with Gasteiger partial charge in [-0.3, -0.25) is 38.2 Å². The lowest BCUT2D eigenvalue weighted by molar-refractivity contribution is -0.249. The number of rotatable bonds is 37. The minimum Gasteiger partial charge on any atom is -0.756 e. The predicted molar refractivity (Wildman–Crippen MR) is 649 cm³/mol. The van der Waals surface area contributed by atoms with Crippen LogP contribution < -0.4 is 36.5 Å². The zero-order valence-corrected chi connectivity index (χ0v) is 116. The fourth-order valence-corrected chi connectivity index (χ4v) is 515. The first-order chi connectivity index (χ1) is 62.2. The summed E-state index contributed by atoms with van der Waals surface area (Å²) in [6.45, 7) is -0.111. The Labute approximate surface area is 845 Å². The first-order valence-corrected chi connectivity index (χ1v) is 117. The fraction of sp³-hybridized carbons (Fsp3) is 0.500. The average Bonchev–Trinajstić information content (AvgIpc) is 1.59. The van der Waals surface area contributed by atoms with Crippen LogP contribution in [0.1, 0.15) is 37.3 Å². The van der Waals surface area contributed by atoms with Gasteiger partial charge in [0.15, 0.2) is 46.4 Å². The first-order valence-electron chi connectivity index (χ1n) is 36.3. The van der Waals surface area contributed by atoms with E-state index in [4.69, 9.17) is 41.2 Å². The van der Waals surface area contributed by atoms with Crippen LogP contribution in [0, 0.1) is 10.8 Å². The van der Waals surface area contributed by atoms with Gasteiger partial charge in [-0.15, -0.1) is 205 Å². The quantitative estimate of drug-likeness (QED) is 0.0161. The third-order valence-corrected chi connectivity index (χ3v) is 287. The molecule has 756 valence electrons. The van der Waals surface area contributed by atoms with Crippen molar-refractivity contribution in [3.63, 3.8) is 0 Å². The summed E-state index contributed by atoms with van der Waals surface area (Å²) >= 11 is 0. The summed E-state index contributed by atoms with van der Waals surface area (Å²) < 4.78 is 103. The van der Waals surface area contributed by atoms with Gasteiger partial charge in [-0.05, 0) is 165 Å². The van der Waals surface area contributed by atoms with E-state index in [0.717, 1.165) is 12.7 Å². The van der Waals surface area contributed by atoms with E-state index in [-0.39, 0.29) is 178 Å². The number of H-pyrrole nitrogens is 2. The Hall–Kier alpha value is 11.9. The fourth-order valence-electron chi connectivity index (χ4n) is 13.0. The number of aromatic nitrogens is 11. The number of anilines is 2. The van der Waals surface area contributed by atoms with Crippen LogP contribution in [-0.4, -0.2) is 212 Å². The molecule has 0 bridgehead atoms. The molecule has 42 nitrogen and oxygen atoms in total. The van der Waals surface area contributed by atoms with Crippen molar-refractivity contribution in [2.24, 2.45) is 4.99 Å². The van der Waals surface area contributed by atoms with E-state index in [2.05, 4.69) is 277 Å². The second-order valence-corrected chi connectivity index (χ2v) is 200. The maximum Gasteiger partial charge on any atom is 0.274 e. The summed E-state index contributed by atoms with van der Waals surface area (Å²) in [7, 11) is 50.2. The number of aliphatic hydroxyl groups excluding tert-OH is 8. The molecule has 0 aromatic carbocycles. The van der Waals surface area contributed by atoms with Crippen LogP contribution in [-0.2, 0) is 75.4 Å². The molecule has 7 aromatic rings. The number of ether oxygens (including phenoxy) is 4. The van der Waals surface area contributed by atoms with Crippen molar-refractivity contribution in [1.29, 1.82) is 10.8 Å². The highest BCUT2D eigenvalue weighted by Crippen LogP contribution is 3.34. The number of phosphoric acid groups is 4. The number of aliphatic imine (C=N–C) groups is 1. The molecule has 7 aromatic heterocycles. The van der Waals surface area contributed by atoms with Crippen LogP contribution in [0.5, 0.6) is 0 Å². The molecule has 5 aliphatic rings. The number of aromatic amines is 2. The molecule has 88 heteroatoms. The highest BCUT2D eigenvalue weighted by molar-refractivity contribution is 9.40. The van der Waals surface area contributed by atoms with E-state index >= 15 is 0 Å². The Bertz CT molecular complexity index is 5320. The molecule has 4 fully saturated rings. The molecule has 0 radical (unpaired) electrons. The molecule has 4 saturated heterocycles. The second kappa shape index (κ2) is 57.3. The molecule has 0 saturated carbocycles. The van der Waals surface area contributed by atoms with Crippen LogP contribution in [0.2, 0.25) is 0 Å². The van der Waals surface area contributed by atoms with E-state index in [9.17, 15) is 78.7 Å². The monoisotopic (exact) mass is 2720 g/mol. The van der Waals surface area contributed by atoms with E-state index in [0.29, 0.717) is 22.2 Å². The molecule has 46 atom stereocenters. The van der Waals surface area contributed by atoms with Crippen LogP contribution in [0.25, 0.3) is 33.2 Å². The lowest BCUT2D eigenvalue weighted by Gasteiger charge is -2.48. The molecule has 16 N–H and O–H groups in total. The summed E-state index contributed by atoms with van der Waals surface area (Å²) in [4.78, 5) is 83.3. The summed E-state index contributed by atoms with van der Waals surface area (Å²) in [6, 6.07) is 4.82. The van der Waals surface area contributed by atoms with Crippen molar-refractivity contribution in [3.8, 4) is 0 Å². The Kier molecular flexibility index (Phi) is 55.3. The molecule has 12 heterocycles. The van der Waals surface area contributed by atoms with Gasteiger partial charge >= 0.3 is 0 Å². The summed E-state index contributed by atoms with van der Waals surface area (Å²) in [6.07, 6.45) is -11.0. The normalized spacial score (nSPS) is 28.1. The maximum absolute atomic E-state index is 12.4. The smallest absolute Gasteiger partial charge is 0.274 e. The Morgan fingerprint density at radius 2 is 0.836 bits per heavy atom. The first kappa shape index (κ1) is 129. The van der Waals surface area contributed by atoms with Crippen molar-refractivity contribution in [2.75, 3.05) is 37.9 Å². The van der Waals surface area contributed by atoms with Crippen molar-refractivity contribution in [1.82, 2.24) is 53.6 Å². The molecule has 0 amide bonds. The molecule has 134 heavy (non-hydrogen) atoms. The number of aliphatic hydroxyl groups is 8. The highest BCUT2D eigenvalue weighted by Gasteiger charge is 2.57. The molecule has 5 aliphatic heterocycles. The number of phosphoric ester groups is 4. The Balaban J connectivity index is 0.000000215. The molecular weight excluding hydrogens is 2620 g/mol. The van der Waals surface area contributed by atoms with Crippen molar-refractivity contribution < 1.29 is 124 Å². The average molecular weight is 2720 g/mol. The van der Waals surface area contributed by atoms with Gasteiger partial charge in [0.05, 0.1) is 56.6 Å². The second-order valence-electron chi connectivity index (χ2n) is 27.9. The minimum absolute atomic E-state index is 0.00181. The summed E-state index contributed by atoms with van der Waals surface area (Å²) in [5, 5.41) is 101. The number of nitrogens with zero attached hydrogens (tertiary/aromatic N) is 10. The SMILES string of the molecule is C[C@]1(n2cnc3c(N)ncnc32)O[C@@H](COP(=O)([O-])OP(=O)([O-])OC[C@H]2O[C@@H](C3C=NC(=N)c4cc[nH]c43)[C@@H](O)C2O)C(O)[C@H]1O.C[C@]1(n2cnc3c(N)ncnc32)O[C@@H](COP(=O)([O-])OP(=O)([O-])OC[C@H]2O[C@@H](n3ccc4[nH]ccc4c3=N)[C@@H](O)C2O)C(O)[C@H]1O.PP(P)P(P(P)P)P(P(P)P)P(P(P)P)P(P)P.PP(P)P(P)P(P(P)P)P(P(P(P)P)P(P)P)P(P(P)P)P(P)P. The lowest BCUT2D eigenvalue weighted by Crippen LogP contribution is -2.43. The number of imidazole rings is 2. The van der Waals surface area contributed by atoms with Crippen LogP contribution in [0.15, 0.2) is 67.1 Å². The van der Waals surface area contributed by atoms with Crippen LogP contribution >= 0.6 is 369 Å². The van der Waals surface area contributed by atoms with Crippen molar-refractivity contribution in [3.05, 3.63) is 78.8 Å². The van der Waals surface area contributed by atoms with Crippen LogP contribution in [0.3, 0.4) is 0 Å². The van der Waals surface area contributed by atoms with E-state index in [1.54, 1.807) is 30.6 Å². The number of hydrogen-bond acceptors (Lipinski definition) is 36. The third-order valence-electron chi connectivity index (χ3n) is 19.0. The number of hydrogen-bond donors (Lipinski definition) is 14. The number of nitrogen functional groups attached to an aromatic ring is 2. The van der Waals surface area contributed by atoms with E-state index in [1.807, 2.05) is 0 Å². The molecule has 12 rings (SSSR count). The zero-order chi connectivity index (χ0) is 100. The number of pyridine rings is 1. The Morgan fingerprint density at radius 1 is 0.463 bits per heavy atom. The maximum atomic E-state index is 12.4. The van der Waals surface area contributed by atoms with Crippen molar-refractivity contribution >= 4 is 426 Å². The number of amidine groups is 1. The standard InChI is InChI=1S/2C23H30N8O13P2.H26P24.H20P18/c1-23(31-9-29-14-19(24)27-8-28-21(14)31)18(35)16(33)13(43-23)7-41-46(38,39)44-45(36,37)40-6-12-15(32)17(34)22(42-12)30-5-3-11-10(20(30)25)2-4-26-11;1-23(31-8-30-14-21(25)28-7-29-22(14)31)19(35)16(33)12(43-23)6-41-46(38,39)44-45(36,37)40-5-11-15(32)17(34)18(42-11)10-4-27-20(24)9-2-3-26-13(9)10;1-14(2)20(13)23(19(11)12)24(21(15(3)4)16(5)6)22(17(7)8)18(9)10;1-11(2)16(12(3)4)18(15(9)10)17(13(5)6)14(7)8/h2-5,8-9,12-13,15-18,22,25-26,32-35H,6-7H2,1H3,(H,36,37)(H,38,39)(H2,24,27,28);2-4,7-8,10-12,15-19,24,26,32-35H,5-6H2,1H3,(H,36,37)(H,38,39)(H2,25,28,29);1-13H2;1-10H2/p-4/t12-,13+,15?,16?,17+,18-,22-,23+;10?,11-,12+,15?,16?,17+,18+,19-,23+;;/m11../s1. The number of nitrogens with one attached hydrogen (secondary N) is 4. The Morgan fingerprint density at radius 3 is 1.23 bits per heavy atom. The van der Waals surface area contributed by atoms with Gasteiger partial charge in [0.25, 0.3) is 31.3 Å². The third kappa shape index (κ3) is 33.1. The summed E-state index contributed by atoms with van der Waals surface area (Å²) in [5.41, 5.74) is 10.2. The number of fused-ring (bicyclic) bond motifs is 4. The van der Waals surface area contributed by atoms with Crippen LogP contribution in [0.4, 0.5) is 11.6 Å². The zero-order valence-electron chi connectivity index (χ0n) is 69.0. The highest BCUT2D eigenvalue weighted by atomic mass is 33.5. The lowest BCUT2D eigenvalue weighted by atomic mass is 9.90. The van der Waals surface area contributed by atoms with Gasteiger partial charge in [0.2, 0.25) is 0 Å². The van der Waals surface area contributed by atoms with Crippen molar-refractivity contribution in [2.45, 2.75) is 117 Å². The van der Waals surface area contributed by atoms with Gasteiger partial charge in [0, 0.05) is 41.4 Å². The largest absolute Gasteiger partial charge is 0.756 e. The van der Waals surface area contributed by atoms with Gasteiger partial charge in [0.1, 0.15) is 102 Å². The molecular formula is C46H102N16O26P46-4. The van der Waals surface area contributed by atoms with Gasteiger partial charge in [-0.25, -0.2) is 43.5 Å². The van der Waals surface area contributed by atoms with Gasteiger partial charge in [-0.1, -0.05) is 0 Å². The van der Waals surface area contributed by atoms with E-state index < -0.39 is 161 Å². The molecule has 34 unspecified atom stereocenters. The molecule has 0 aliphatic carbocycles. The summed E-state index contributed by atoms with van der Waals surface area (Å²) in [5.74, 6) is -0.683. The number of nitrogens with two attached hydrogens (primary N) is 2. The molecule has 0 spiro atoms. The van der Waals surface area contributed by atoms with Gasteiger partial charge in [-0.2, -0.15) is 0 Å².